The maximum atomic E-state index is 12.0. The minimum absolute atomic E-state index is 0.00143. The monoisotopic (exact) mass is 258 g/mol. The van der Waals surface area contributed by atoms with E-state index >= 15 is 0 Å². The summed E-state index contributed by atoms with van der Waals surface area (Å²) in [4.78, 5) is 23.7. The summed E-state index contributed by atoms with van der Waals surface area (Å²) in [6, 6.07) is 0. The lowest BCUT2D eigenvalue weighted by Crippen LogP contribution is -2.38. The van der Waals surface area contributed by atoms with Crippen LogP contribution in [0.5, 0.6) is 0 Å². The first-order valence-electron chi connectivity index (χ1n) is 6.47. The van der Waals surface area contributed by atoms with Crippen LogP contribution in [0.1, 0.15) is 27.7 Å². The Hall–Kier alpha value is -1.10. The molecule has 1 rings (SSSR count). The second-order valence-corrected chi connectivity index (χ2v) is 4.69. The molecule has 18 heavy (non-hydrogen) atoms. The molecule has 5 heteroatoms. The number of hydrogen-bond acceptors (Lipinski definition) is 5. The zero-order chi connectivity index (χ0) is 13.7. The Kier molecular flexibility index (Phi) is 5.59. The SMILES string of the molecule is CCOC(=O)[C@@H]1[C@@H](C(C)C)CO[C@H]1C(=O)OCC. The Morgan fingerprint density at radius 3 is 2.22 bits per heavy atom. The number of hydrogen-bond donors (Lipinski definition) is 0. The molecule has 0 aromatic rings. The molecule has 0 N–H and O–H groups in total. The molecule has 1 fully saturated rings. The molecule has 0 aromatic carbocycles. The van der Waals surface area contributed by atoms with E-state index in [2.05, 4.69) is 0 Å². The highest BCUT2D eigenvalue weighted by atomic mass is 16.6. The molecule has 0 aliphatic carbocycles. The average molecular weight is 258 g/mol. The Balaban J connectivity index is 2.83. The summed E-state index contributed by atoms with van der Waals surface area (Å²) in [6.45, 7) is 8.46. The summed E-state index contributed by atoms with van der Waals surface area (Å²) in [7, 11) is 0. The Labute approximate surface area is 108 Å². The third-order valence-corrected chi connectivity index (χ3v) is 3.19. The fourth-order valence-electron chi connectivity index (χ4n) is 2.23. The third-order valence-electron chi connectivity index (χ3n) is 3.19. The number of carbonyl (C=O) groups is 2. The number of esters is 2. The first-order chi connectivity index (χ1) is 8.52. The van der Waals surface area contributed by atoms with Gasteiger partial charge >= 0.3 is 11.9 Å². The van der Waals surface area contributed by atoms with E-state index in [4.69, 9.17) is 14.2 Å². The predicted molar refractivity (Wildman–Crippen MR) is 64.8 cm³/mol. The van der Waals surface area contributed by atoms with Gasteiger partial charge in [-0.15, -0.1) is 0 Å². The smallest absolute Gasteiger partial charge is 0.336 e. The largest absolute Gasteiger partial charge is 0.466 e. The lowest BCUT2D eigenvalue weighted by Gasteiger charge is -2.22. The van der Waals surface area contributed by atoms with Crippen LogP contribution in [0.3, 0.4) is 0 Å². The highest BCUT2D eigenvalue weighted by molar-refractivity contribution is 5.84. The van der Waals surface area contributed by atoms with Crippen LogP contribution < -0.4 is 0 Å². The Bertz CT molecular complexity index is 300. The summed E-state index contributed by atoms with van der Waals surface area (Å²) >= 11 is 0. The van der Waals surface area contributed by atoms with Crippen LogP contribution in [0.2, 0.25) is 0 Å². The lowest BCUT2D eigenvalue weighted by molar-refractivity contribution is -0.164. The summed E-state index contributed by atoms with van der Waals surface area (Å²) < 4.78 is 15.4. The highest BCUT2D eigenvalue weighted by Crippen LogP contribution is 2.34. The van der Waals surface area contributed by atoms with Gasteiger partial charge in [0.25, 0.3) is 0 Å². The van der Waals surface area contributed by atoms with Crippen molar-refractivity contribution in [1.29, 1.82) is 0 Å². The van der Waals surface area contributed by atoms with E-state index in [-0.39, 0.29) is 24.4 Å². The molecule has 3 atom stereocenters. The van der Waals surface area contributed by atoms with Gasteiger partial charge in [-0.25, -0.2) is 4.79 Å². The topological polar surface area (TPSA) is 61.8 Å². The molecule has 0 amide bonds. The maximum Gasteiger partial charge on any atom is 0.336 e. The quantitative estimate of drug-likeness (QED) is 0.697. The number of rotatable bonds is 5. The standard InChI is InChI=1S/C13H22O5/c1-5-16-12(14)10-9(8(3)4)7-18-11(10)13(15)17-6-2/h8-11H,5-7H2,1-4H3/t9-,10-,11-/m1/s1. The van der Waals surface area contributed by atoms with E-state index in [0.29, 0.717) is 13.2 Å². The van der Waals surface area contributed by atoms with Crippen LogP contribution in [0, 0.1) is 17.8 Å². The Morgan fingerprint density at radius 1 is 1.17 bits per heavy atom. The third kappa shape index (κ3) is 3.22. The van der Waals surface area contributed by atoms with Gasteiger partial charge in [0, 0.05) is 5.92 Å². The van der Waals surface area contributed by atoms with Crippen molar-refractivity contribution in [3.8, 4) is 0 Å². The van der Waals surface area contributed by atoms with Crippen molar-refractivity contribution in [2.45, 2.75) is 33.8 Å². The van der Waals surface area contributed by atoms with E-state index in [9.17, 15) is 9.59 Å². The van der Waals surface area contributed by atoms with Crippen molar-refractivity contribution in [3.05, 3.63) is 0 Å². The summed E-state index contributed by atoms with van der Waals surface area (Å²) in [5.41, 5.74) is 0. The molecule has 0 bridgehead atoms. The number of ether oxygens (including phenoxy) is 3. The first kappa shape index (κ1) is 15.0. The van der Waals surface area contributed by atoms with Crippen molar-refractivity contribution in [2.75, 3.05) is 19.8 Å². The normalized spacial score (nSPS) is 27.3. The van der Waals surface area contributed by atoms with Gasteiger partial charge < -0.3 is 14.2 Å². The molecule has 1 aliphatic heterocycles. The predicted octanol–water partition coefficient (Wildman–Crippen LogP) is 1.40. The first-order valence-corrected chi connectivity index (χ1v) is 6.47. The zero-order valence-electron chi connectivity index (χ0n) is 11.5. The van der Waals surface area contributed by atoms with Crippen LogP contribution in [-0.2, 0) is 23.8 Å². The highest BCUT2D eigenvalue weighted by Gasteiger charge is 2.48. The molecule has 0 saturated carbocycles. The molecule has 1 heterocycles. The van der Waals surface area contributed by atoms with Crippen molar-refractivity contribution in [1.82, 2.24) is 0 Å². The summed E-state index contributed by atoms with van der Waals surface area (Å²) in [6.07, 6.45) is -0.823. The van der Waals surface area contributed by atoms with Crippen LogP contribution in [0.25, 0.3) is 0 Å². The van der Waals surface area contributed by atoms with Crippen LogP contribution >= 0.6 is 0 Å². The molecular formula is C13H22O5. The van der Waals surface area contributed by atoms with Gasteiger partial charge in [-0.1, -0.05) is 13.8 Å². The fraction of sp³-hybridized carbons (Fsp3) is 0.846. The average Bonchev–Trinajstić information content (AvgIpc) is 2.74. The van der Waals surface area contributed by atoms with Gasteiger partial charge in [0.15, 0.2) is 6.10 Å². The van der Waals surface area contributed by atoms with Crippen molar-refractivity contribution in [3.63, 3.8) is 0 Å². The van der Waals surface area contributed by atoms with E-state index in [1.54, 1.807) is 13.8 Å². The summed E-state index contributed by atoms with van der Waals surface area (Å²) in [5.74, 6) is -1.15. The molecular weight excluding hydrogens is 236 g/mol. The molecule has 0 spiro atoms. The molecule has 104 valence electrons. The van der Waals surface area contributed by atoms with Crippen LogP contribution in [0.4, 0.5) is 0 Å². The van der Waals surface area contributed by atoms with Gasteiger partial charge in [-0.05, 0) is 19.8 Å². The van der Waals surface area contributed by atoms with E-state index in [1.165, 1.54) is 0 Å². The second kappa shape index (κ2) is 6.73. The van der Waals surface area contributed by atoms with Crippen LogP contribution in [0.15, 0.2) is 0 Å². The Morgan fingerprint density at radius 2 is 1.72 bits per heavy atom. The minimum Gasteiger partial charge on any atom is -0.466 e. The zero-order valence-corrected chi connectivity index (χ0v) is 11.5. The fourth-order valence-corrected chi connectivity index (χ4v) is 2.23. The van der Waals surface area contributed by atoms with Gasteiger partial charge in [0.2, 0.25) is 0 Å². The molecule has 1 saturated heterocycles. The molecule has 0 radical (unpaired) electrons. The number of carbonyl (C=O) groups excluding carboxylic acids is 2. The second-order valence-electron chi connectivity index (χ2n) is 4.69. The lowest BCUT2D eigenvalue weighted by atomic mass is 9.83. The van der Waals surface area contributed by atoms with Crippen molar-refractivity contribution >= 4 is 11.9 Å². The van der Waals surface area contributed by atoms with E-state index in [0.717, 1.165) is 0 Å². The van der Waals surface area contributed by atoms with Crippen LogP contribution in [-0.4, -0.2) is 37.9 Å². The van der Waals surface area contributed by atoms with Gasteiger partial charge in [-0.2, -0.15) is 0 Å². The van der Waals surface area contributed by atoms with Crippen molar-refractivity contribution < 1.29 is 23.8 Å². The summed E-state index contributed by atoms with van der Waals surface area (Å²) in [5, 5.41) is 0. The van der Waals surface area contributed by atoms with E-state index in [1.807, 2.05) is 13.8 Å². The van der Waals surface area contributed by atoms with Gasteiger partial charge in [0.05, 0.1) is 25.7 Å². The van der Waals surface area contributed by atoms with E-state index < -0.39 is 18.0 Å². The van der Waals surface area contributed by atoms with Gasteiger partial charge in [-0.3, -0.25) is 4.79 Å². The minimum atomic E-state index is -0.823. The van der Waals surface area contributed by atoms with Crippen molar-refractivity contribution in [2.24, 2.45) is 17.8 Å². The molecule has 0 unspecified atom stereocenters. The molecule has 5 nitrogen and oxygen atoms in total. The molecule has 0 aromatic heterocycles. The van der Waals surface area contributed by atoms with Gasteiger partial charge in [0.1, 0.15) is 0 Å². The maximum absolute atomic E-state index is 12.0. The molecule has 1 aliphatic rings.